The molecule has 0 bridgehead atoms. The van der Waals surface area contributed by atoms with E-state index in [4.69, 9.17) is 4.74 Å². The molecule has 0 spiro atoms. The van der Waals surface area contributed by atoms with E-state index < -0.39 is 0 Å². The van der Waals surface area contributed by atoms with E-state index in [1.807, 2.05) is 25.9 Å². The fourth-order valence-corrected chi connectivity index (χ4v) is 2.40. The van der Waals surface area contributed by atoms with Crippen molar-refractivity contribution in [3.8, 4) is 5.88 Å². The normalized spacial score (nSPS) is 10.3. The van der Waals surface area contributed by atoms with Crippen molar-refractivity contribution < 1.29 is 9.53 Å². The molecule has 0 saturated carbocycles. The molecule has 2 N–H and O–H groups in total. The lowest BCUT2D eigenvalue weighted by Gasteiger charge is -2.05. The van der Waals surface area contributed by atoms with Gasteiger partial charge in [-0.1, -0.05) is 11.3 Å². The number of methoxy groups -OCH3 is 1. The van der Waals surface area contributed by atoms with Crippen LogP contribution in [0.2, 0.25) is 0 Å². The van der Waals surface area contributed by atoms with Gasteiger partial charge in [-0.15, -0.1) is 0 Å². The van der Waals surface area contributed by atoms with Gasteiger partial charge in [0.1, 0.15) is 0 Å². The molecule has 0 unspecified atom stereocenters. The van der Waals surface area contributed by atoms with Crippen LogP contribution in [0.3, 0.4) is 0 Å². The number of aromatic nitrogens is 1. The molecule has 108 valence electrons. The van der Waals surface area contributed by atoms with E-state index in [-0.39, 0.29) is 5.91 Å². The van der Waals surface area contributed by atoms with Gasteiger partial charge in [0.25, 0.3) is 0 Å². The summed E-state index contributed by atoms with van der Waals surface area (Å²) in [5.41, 5.74) is 0. The summed E-state index contributed by atoms with van der Waals surface area (Å²) >= 11 is 1.59. The molecule has 0 fully saturated rings. The first-order valence-electron chi connectivity index (χ1n) is 6.26. The second kappa shape index (κ2) is 7.96. The molecule has 1 aromatic rings. The number of carbonyl (C=O) groups is 1. The Bertz CT molecular complexity index is 406. The Kier molecular flexibility index (Phi) is 6.58. The number of carbonyl (C=O) groups excluding carboxylic acids is 1. The summed E-state index contributed by atoms with van der Waals surface area (Å²) in [5.74, 6) is 0.722. The summed E-state index contributed by atoms with van der Waals surface area (Å²) in [4.78, 5) is 18.6. The van der Waals surface area contributed by atoms with Crippen LogP contribution < -0.4 is 20.3 Å². The summed E-state index contributed by atoms with van der Waals surface area (Å²) in [7, 11) is 5.52. The standard InChI is InChI=1S/C12H22N4O2S/c1-5-14-10(17)6-7-13-8-9-11(18-4)15-12(19-9)16(2)3/h13H,5-8H2,1-4H3,(H,14,17). The maximum atomic E-state index is 11.3. The number of hydrogen-bond donors (Lipinski definition) is 2. The van der Waals surface area contributed by atoms with E-state index in [9.17, 15) is 4.79 Å². The Morgan fingerprint density at radius 2 is 2.21 bits per heavy atom. The average Bonchev–Trinajstić information content (AvgIpc) is 2.78. The zero-order valence-electron chi connectivity index (χ0n) is 11.9. The lowest BCUT2D eigenvalue weighted by Crippen LogP contribution is -2.27. The first kappa shape index (κ1) is 15.7. The van der Waals surface area contributed by atoms with Crippen molar-refractivity contribution >= 4 is 22.4 Å². The molecule has 0 aliphatic heterocycles. The Morgan fingerprint density at radius 1 is 1.47 bits per heavy atom. The molecule has 6 nitrogen and oxygen atoms in total. The van der Waals surface area contributed by atoms with Gasteiger partial charge < -0.3 is 20.3 Å². The van der Waals surface area contributed by atoms with Crippen molar-refractivity contribution in [1.29, 1.82) is 0 Å². The largest absolute Gasteiger partial charge is 0.480 e. The number of rotatable bonds is 8. The van der Waals surface area contributed by atoms with Gasteiger partial charge in [-0.05, 0) is 6.92 Å². The summed E-state index contributed by atoms with van der Waals surface area (Å²) in [6.45, 7) is 3.89. The van der Waals surface area contributed by atoms with Crippen LogP contribution in [0.25, 0.3) is 0 Å². The Balaban J connectivity index is 2.42. The van der Waals surface area contributed by atoms with Gasteiger partial charge >= 0.3 is 0 Å². The molecule has 0 saturated heterocycles. The van der Waals surface area contributed by atoms with Crippen molar-refractivity contribution in [3.63, 3.8) is 0 Å². The monoisotopic (exact) mass is 286 g/mol. The van der Waals surface area contributed by atoms with Gasteiger partial charge in [0, 0.05) is 40.2 Å². The summed E-state index contributed by atoms with van der Waals surface area (Å²) in [6, 6.07) is 0. The summed E-state index contributed by atoms with van der Waals surface area (Å²) in [5, 5.41) is 6.91. The molecular weight excluding hydrogens is 264 g/mol. The number of nitrogens with one attached hydrogen (secondary N) is 2. The molecule has 7 heteroatoms. The molecule has 1 amide bonds. The third kappa shape index (κ3) is 5.04. The number of nitrogens with zero attached hydrogens (tertiary/aromatic N) is 2. The fourth-order valence-electron chi connectivity index (χ4n) is 1.48. The molecule has 0 radical (unpaired) electrons. The van der Waals surface area contributed by atoms with E-state index >= 15 is 0 Å². The lowest BCUT2D eigenvalue weighted by molar-refractivity contribution is -0.120. The predicted molar refractivity (Wildman–Crippen MR) is 78.0 cm³/mol. The second-order valence-electron chi connectivity index (χ2n) is 4.20. The van der Waals surface area contributed by atoms with Gasteiger partial charge in [-0.3, -0.25) is 4.79 Å². The maximum absolute atomic E-state index is 11.3. The van der Waals surface area contributed by atoms with E-state index in [0.717, 1.165) is 10.0 Å². The minimum Gasteiger partial charge on any atom is -0.480 e. The number of amides is 1. The van der Waals surface area contributed by atoms with E-state index in [1.54, 1.807) is 18.4 Å². The van der Waals surface area contributed by atoms with Crippen molar-refractivity contribution in [2.75, 3.05) is 39.2 Å². The highest BCUT2D eigenvalue weighted by Crippen LogP contribution is 2.29. The fraction of sp³-hybridized carbons (Fsp3) is 0.667. The minimum atomic E-state index is 0.0697. The van der Waals surface area contributed by atoms with Crippen molar-refractivity contribution in [1.82, 2.24) is 15.6 Å². The Labute approximate surface area is 118 Å². The molecular formula is C12H22N4O2S. The minimum absolute atomic E-state index is 0.0697. The molecule has 0 aliphatic carbocycles. The van der Waals surface area contributed by atoms with E-state index in [1.165, 1.54) is 0 Å². The second-order valence-corrected chi connectivity index (χ2v) is 5.27. The van der Waals surface area contributed by atoms with E-state index in [0.29, 0.717) is 31.9 Å². The smallest absolute Gasteiger partial charge is 0.230 e. The SMILES string of the molecule is CCNC(=O)CCNCc1sc(N(C)C)nc1OC. The Morgan fingerprint density at radius 3 is 2.79 bits per heavy atom. The lowest BCUT2D eigenvalue weighted by atomic mass is 10.4. The third-order valence-corrected chi connectivity index (χ3v) is 3.62. The van der Waals surface area contributed by atoms with Gasteiger partial charge in [0.2, 0.25) is 11.8 Å². The van der Waals surface area contributed by atoms with Crippen molar-refractivity contribution in [2.45, 2.75) is 19.9 Å². The summed E-state index contributed by atoms with van der Waals surface area (Å²) in [6.07, 6.45) is 0.482. The van der Waals surface area contributed by atoms with E-state index in [2.05, 4.69) is 15.6 Å². The van der Waals surface area contributed by atoms with Gasteiger partial charge in [-0.25, -0.2) is 0 Å². The highest BCUT2D eigenvalue weighted by molar-refractivity contribution is 7.15. The van der Waals surface area contributed by atoms with Crippen LogP contribution >= 0.6 is 11.3 Å². The molecule has 19 heavy (non-hydrogen) atoms. The first-order chi connectivity index (χ1) is 9.08. The molecule has 0 aromatic carbocycles. The van der Waals surface area contributed by atoms with Crippen LogP contribution in [-0.4, -0.2) is 45.2 Å². The number of thiazole rings is 1. The highest BCUT2D eigenvalue weighted by atomic mass is 32.1. The van der Waals surface area contributed by atoms with Crippen LogP contribution in [0.5, 0.6) is 5.88 Å². The number of hydrogen-bond acceptors (Lipinski definition) is 6. The summed E-state index contributed by atoms with van der Waals surface area (Å²) < 4.78 is 5.25. The van der Waals surface area contributed by atoms with Crippen LogP contribution in [0.4, 0.5) is 5.13 Å². The number of anilines is 1. The molecule has 1 rings (SSSR count). The van der Waals surface area contributed by atoms with Crippen molar-refractivity contribution in [2.24, 2.45) is 0 Å². The third-order valence-electron chi connectivity index (χ3n) is 2.41. The number of ether oxygens (including phenoxy) is 1. The van der Waals surface area contributed by atoms with Gasteiger partial charge in [0.15, 0.2) is 5.13 Å². The Hall–Kier alpha value is -1.34. The quantitative estimate of drug-likeness (QED) is 0.693. The zero-order valence-corrected chi connectivity index (χ0v) is 12.8. The first-order valence-corrected chi connectivity index (χ1v) is 7.08. The average molecular weight is 286 g/mol. The highest BCUT2D eigenvalue weighted by Gasteiger charge is 2.12. The molecule has 1 heterocycles. The van der Waals surface area contributed by atoms with Gasteiger partial charge in [-0.2, -0.15) is 4.98 Å². The van der Waals surface area contributed by atoms with Crippen LogP contribution in [0.1, 0.15) is 18.2 Å². The predicted octanol–water partition coefficient (Wildman–Crippen LogP) is 0.833. The van der Waals surface area contributed by atoms with Gasteiger partial charge in [0.05, 0.1) is 12.0 Å². The zero-order chi connectivity index (χ0) is 14.3. The van der Waals surface area contributed by atoms with Crippen molar-refractivity contribution in [3.05, 3.63) is 4.88 Å². The van der Waals surface area contributed by atoms with Crippen LogP contribution in [-0.2, 0) is 11.3 Å². The van der Waals surface area contributed by atoms with Crippen LogP contribution in [0, 0.1) is 0 Å². The molecule has 1 aromatic heterocycles. The van der Waals surface area contributed by atoms with Crippen LogP contribution in [0.15, 0.2) is 0 Å². The molecule has 0 atom stereocenters. The molecule has 0 aliphatic rings. The maximum Gasteiger partial charge on any atom is 0.230 e. The topological polar surface area (TPSA) is 66.5 Å².